The van der Waals surface area contributed by atoms with Crippen molar-refractivity contribution in [2.24, 2.45) is 0 Å². The predicted octanol–water partition coefficient (Wildman–Crippen LogP) is 6.02. The zero-order valence-electron chi connectivity index (χ0n) is 13.0. The van der Waals surface area contributed by atoms with Crippen LogP contribution in [-0.4, -0.2) is 5.78 Å². The second-order valence-electron chi connectivity index (χ2n) is 4.60. The maximum Gasteiger partial charge on any atom is 0.132 e. The summed E-state index contributed by atoms with van der Waals surface area (Å²) >= 11 is 0. The monoisotopic (exact) mass is 264 g/mol. The molecule has 0 saturated carbocycles. The van der Waals surface area contributed by atoms with Crippen LogP contribution >= 0.6 is 0 Å². The number of ketones is 1. The Balaban J connectivity index is 0. The average molecular weight is 264 g/mol. The summed E-state index contributed by atoms with van der Waals surface area (Å²) in [6.45, 7) is 11.3. The smallest absolute Gasteiger partial charge is 0.132 e. The third kappa shape index (κ3) is 22.5. The van der Waals surface area contributed by atoms with Crippen LogP contribution in [0.1, 0.15) is 71.6 Å². The maximum absolute atomic E-state index is 11.1. The van der Waals surface area contributed by atoms with Crippen molar-refractivity contribution in [3.05, 3.63) is 37.5 Å². The van der Waals surface area contributed by atoms with Gasteiger partial charge < -0.3 is 0 Å². The zero-order chi connectivity index (χ0) is 14.8. The minimum atomic E-state index is 0.423. The number of hydrogen-bond acceptors (Lipinski definition) is 1. The molecule has 0 unspecified atom stereocenters. The molecule has 19 heavy (non-hydrogen) atoms. The highest BCUT2D eigenvalue weighted by Crippen LogP contribution is 2.02. The molecule has 0 aromatic carbocycles. The summed E-state index contributed by atoms with van der Waals surface area (Å²) in [7, 11) is 0. The zero-order valence-corrected chi connectivity index (χ0v) is 13.0. The molecular formula is C18H32O. The molecule has 0 aliphatic rings. The van der Waals surface area contributed by atoms with Crippen molar-refractivity contribution in [1.29, 1.82) is 0 Å². The van der Waals surface area contributed by atoms with Gasteiger partial charge in [-0.1, -0.05) is 44.6 Å². The molecule has 0 amide bonds. The Morgan fingerprint density at radius 2 is 1.42 bits per heavy atom. The van der Waals surface area contributed by atoms with Crippen molar-refractivity contribution in [1.82, 2.24) is 0 Å². The van der Waals surface area contributed by atoms with Crippen molar-refractivity contribution >= 4 is 5.78 Å². The maximum atomic E-state index is 11.1. The lowest BCUT2D eigenvalue weighted by molar-refractivity contribution is -0.119. The quantitative estimate of drug-likeness (QED) is 0.329. The first-order valence-electron chi connectivity index (χ1n) is 7.61. The molecule has 0 spiro atoms. The molecule has 0 aromatic heterocycles. The first kappa shape index (κ1) is 20.2. The third-order valence-electron chi connectivity index (χ3n) is 2.55. The summed E-state index contributed by atoms with van der Waals surface area (Å²) in [6, 6.07) is 0. The van der Waals surface area contributed by atoms with E-state index in [1.807, 2.05) is 12.2 Å². The Labute approximate surface area is 120 Å². The SMILES string of the molecule is C=CCCC=C.CCC/C=C\CCCC(=O)CCC. The summed E-state index contributed by atoms with van der Waals surface area (Å²) in [5, 5.41) is 0. The lowest BCUT2D eigenvalue weighted by atomic mass is 10.1. The van der Waals surface area contributed by atoms with Gasteiger partial charge in [-0.05, 0) is 38.5 Å². The minimum absolute atomic E-state index is 0.423. The van der Waals surface area contributed by atoms with Crippen LogP contribution in [-0.2, 0) is 4.79 Å². The summed E-state index contributed by atoms with van der Waals surface area (Å²) in [4.78, 5) is 11.1. The lowest BCUT2D eigenvalue weighted by Crippen LogP contribution is -1.95. The summed E-state index contributed by atoms with van der Waals surface area (Å²) < 4.78 is 0. The van der Waals surface area contributed by atoms with Crippen molar-refractivity contribution in [2.45, 2.75) is 71.6 Å². The molecule has 0 radical (unpaired) electrons. The topological polar surface area (TPSA) is 17.1 Å². The lowest BCUT2D eigenvalue weighted by Gasteiger charge is -1.95. The number of unbranched alkanes of at least 4 members (excludes halogenated alkanes) is 3. The molecule has 0 aliphatic carbocycles. The molecule has 0 heterocycles. The van der Waals surface area contributed by atoms with Gasteiger partial charge in [0.1, 0.15) is 5.78 Å². The summed E-state index contributed by atoms with van der Waals surface area (Å²) in [5.41, 5.74) is 0. The number of carbonyl (C=O) groups excluding carboxylic acids is 1. The molecule has 0 bridgehead atoms. The van der Waals surface area contributed by atoms with E-state index < -0.39 is 0 Å². The van der Waals surface area contributed by atoms with E-state index in [1.54, 1.807) is 0 Å². The van der Waals surface area contributed by atoms with Crippen LogP contribution in [0.15, 0.2) is 37.5 Å². The molecule has 0 fully saturated rings. The van der Waals surface area contributed by atoms with Crippen LogP contribution in [0.2, 0.25) is 0 Å². The van der Waals surface area contributed by atoms with Crippen molar-refractivity contribution in [2.75, 3.05) is 0 Å². The fourth-order valence-corrected chi connectivity index (χ4v) is 1.46. The van der Waals surface area contributed by atoms with Crippen LogP contribution in [0, 0.1) is 0 Å². The highest BCUT2D eigenvalue weighted by Gasteiger charge is 1.97. The van der Waals surface area contributed by atoms with Gasteiger partial charge in [0.2, 0.25) is 0 Å². The number of allylic oxidation sites excluding steroid dienone is 4. The van der Waals surface area contributed by atoms with Gasteiger partial charge in [-0.15, -0.1) is 13.2 Å². The molecule has 0 aromatic rings. The van der Waals surface area contributed by atoms with Crippen molar-refractivity contribution in [3.8, 4) is 0 Å². The molecule has 0 N–H and O–H groups in total. The molecule has 1 heteroatoms. The van der Waals surface area contributed by atoms with Gasteiger partial charge in [0, 0.05) is 12.8 Å². The van der Waals surface area contributed by atoms with Crippen LogP contribution < -0.4 is 0 Å². The standard InChI is InChI=1S/C12H22O.C6H10/c1-3-5-6-7-8-9-11-12(13)10-4-2;1-3-5-6-4-2/h6-7H,3-5,8-11H2,1-2H3;3-4H,1-2,5-6H2/b7-6-;. The molecule has 110 valence electrons. The van der Waals surface area contributed by atoms with Gasteiger partial charge in [0.05, 0.1) is 0 Å². The average Bonchev–Trinajstić information content (AvgIpc) is 2.41. The van der Waals surface area contributed by atoms with Crippen LogP contribution in [0.25, 0.3) is 0 Å². The first-order valence-corrected chi connectivity index (χ1v) is 7.61. The fraction of sp³-hybridized carbons (Fsp3) is 0.611. The summed E-state index contributed by atoms with van der Waals surface area (Å²) in [5.74, 6) is 0.423. The van der Waals surface area contributed by atoms with Gasteiger partial charge in [-0.2, -0.15) is 0 Å². The Hall–Kier alpha value is -1.11. The Morgan fingerprint density at radius 3 is 1.89 bits per heavy atom. The van der Waals surface area contributed by atoms with E-state index in [2.05, 4.69) is 39.2 Å². The molecular weight excluding hydrogens is 232 g/mol. The number of carbonyl (C=O) groups is 1. The van der Waals surface area contributed by atoms with E-state index >= 15 is 0 Å². The molecule has 0 aliphatic heterocycles. The Kier molecular flexibility index (Phi) is 20.5. The Bertz CT molecular complexity index is 230. The normalized spacial score (nSPS) is 9.79. The van der Waals surface area contributed by atoms with Gasteiger partial charge in [0.25, 0.3) is 0 Å². The molecule has 0 atom stereocenters. The van der Waals surface area contributed by atoms with Gasteiger partial charge in [0.15, 0.2) is 0 Å². The van der Waals surface area contributed by atoms with Crippen LogP contribution in [0.4, 0.5) is 0 Å². The fourth-order valence-electron chi connectivity index (χ4n) is 1.46. The largest absolute Gasteiger partial charge is 0.300 e. The minimum Gasteiger partial charge on any atom is -0.300 e. The predicted molar refractivity (Wildman–Crippen MR) is 87.4 cm³/mol. The van der Waals surface area contributed by atoms with E-state index in [-0.39, 0.29) is 0 Å². The number of rotatable bonds is 11. The van der Waals surface area contributed by atoms with E-state index in [0.717, 1.165) is 44.9 Å². The first-order chi connectivity index (χ1) is 9.22. The second kappa shape index (κ2) is 19.2. The Morgan fingerprint density at radius 1 is 0.842 bits per heavy atom. The van der Waals surface area contributed by atoms with Gasteiger partial charge >= 0.3 is 0 Å². The second-order valence-corrected chi connectivity index (χ2v) is 4.60. The van der Waals surface area contributed by atoms with Gasteiger partial charge in [-0.3, -0.25) is 4.79 Å². The number of Topliss-reactive ketones (excluding diaryl/α,β-unsaturated/α-hetero) is 1. The number of hydrogen-bond donors (Lipinski definition) is 0. The van der Waals surface area contributed by atoms with Crippen molar-refractivity contribution in [3.63, 3.8) is 0 Å². The molecule has 0 rings (SSSR count). The summed E-state index contributed by atoms with van der Waals surface area (Å²) in [6.07, 6.45) is 17.3. The van der Waals surface area contributed by atoms with E-state index in [9.17, 15) is 4.79 Å². The highest BCUT2D eigenvalue weighted by atomic mass is 16.1. The van der Waals surface area contributed by atoms with Crippen LogP contribution in [0.3, 0.4) is 0 Å². The molecule has 1 nitrogen and oxygen atoms in total. The van der Waals surface area contributed by atoms with Crippen molar-refractivity contribution < 1.29 is 4.79 Å². The third-order valence-corrected chi connectivity index (χ3v) is 2.55. The highest BCUT2D eigenvalue weighted by molar-refractivity contribution is 5.78. The van der Waals surface area contributed by atoms with E-state index in [4.69, 9.17) is 0 Å². The van der Waals surface area contributed by atoms with E-state index in [1.165, 1.54) is 12.8 Å². The van der Waals surface area contributed by atoms with Gasteiger partial charge in [-0.25, -0.2) is 0 Å². The van der Waals surface area contributed by atoms with Crippen LogP contribution in [0.5, 0.6) is 0 Å². The van der Waals surface area contributed by atoms with E-state index in [0.29, 0.717) is 5.78 Å². The molecule has 0 saturated heterocycles.